The van der Waals surface area contributed by atoms with E-state index in [0.717, 1.165) is 0 Å². The molecule has 0 saturated heterocycles. The first-order chi connectivity index (χ1) is 8.82. The summed E-state index contributed by atoms with van der Waals surface area (Å²) in [6.07, 6.45) is 1.40. The second-order valence-electron chi connectivity index (χ2n) is 4.29. The highest BCUT2D eigenvalue weighted by Crippen LogP contribution is 2.30. The smallest absolute Gasteiger partial charge is 0.358 e. The number of rotatable bonds is 3. The van der Waals surface area contributed by atoms with Crippen molar-refractivity contribution in [2.45, 2.75) is 19.4 Å². The Morgan fingerprint density at radius 3 is 2.68 bits per heavy atom. The van der Waals surface area contributed by atoms with E-state index < -0.39 is 11.6 Å². The number of aryl methyl sites for hydroxylation is 1. The number of carboxylic acids is 1. The first-order valence-electron chi connectivity index (χ1n) is 5.38. The first-order valence-corrected chi connectivity index (χ1v) is 5.75. The summed E-state index contributed by atoms with van der Waals surface area (Å²) >= 11 is 5.82. The van der Waals surface area contributed by atoms with E-state index in [9.17, 15) is 9.90 Å². The Morgan fingerprint density at radius 2 is 2.16 bits per heavy atom. The fourth-order valence-corrected chi connectivity index (χ4v) is 1.68. The third kappa shape index (κ3) is 2.45. The Bertz CT molecular complexity index is 636. The normalized spacial score (nSPS) is 14.1. The van der Waals surface area contributed by atoms with Crippen LogP contribution < -0.4 is 0 Å². The van der Waals surface area contributed by atoms with E-state index in [1.165, 1.54) is 19.2 Å². The maximum absolute atomic E-state index is 10.7. The standard InChI is InChI=1S/C12H11ClN2O4/c1-6-3-7(5-14-10(6)13)12(2,18)9-4-8(11(16)17)15-19-9/h3-5,18H,1-2H3,(H,16,17)/t12-/m0/s1. The minimum absolute atomic E-state index is 0.0217. The van der Waals surface area contributed by atoms with Gasteiger partial charge in [-0.1, -0.05) is 16.8 Å². The number of halogens is 1. The number of nitrogens with zero attached hydrogens (tertiary/aromatic N) is 2. The molecule has 0 aliphatic heterocycles. The molecule has 0 saturated carbocycles. The van der Waals surface area contributed by atoms with Crippen molar-refractivity contribution in [2.75, 3.05) is 0 Å². The molecule has 0 unspecified atom stereocenters. The van der Waals surface area contributed by atoms with Gasteiger partial charge in [0, 0.05) is 17.8 Å². The van der Waals surface area contributed by atoms with Gasteiger partial charge in [0.15, 0.2) is 11.5 Å². The van der Waals surface area contributed by atoms with Crippen molar-refractivity contribution in [2.24, 2.45) is 0 Å². The summed E-state index contributed by atoms with van der Waals surface area (Å²) in [5, 5.41) is 22.9. The van der Waals surface area contributed by atoms with Gasteiger partial charge in [0.05, 0.1) is 0 Å². The molecule has 7 heteroatoms. The maximum Gasteiger partial charge on any atom is 0.358 e. The van der Waals surface area contributed by atoms with Crippen LogP contribution in [0.25, 0.3) is 0 Å². The zero-order chi connectivity index (χ0) is 14.2. The van der Waals surface area contributed by atoms with Gasteiger partial charge in [0.25, 0.3) is 0 Å². The van der Waals surface area contributed by atoms with Crippen LogP contribution in [0.4, 0.5) is 0 Å². The van der Waals surface area contributed by atoms with E-state index in [-0.39, 0.29) is 11.5 Å². The third-order valence-corrected chi connectivity index (χ3v) is 3.18. The fourth-order valence-electron chi connectivity index (χ4n) is 1.57. The molecule has 0 aromatic carbocycles. The lowest BCUT2D eigenvalue weighted by Crippen LogP contribution is -2.22. The predicted molar refractivity (Wildman–Crippen MR) is 66.1 cm³/mol. The minimum Gasteiger partial charge on any atom is -0.476 e. The van der Waals surface area contributed by atoms with Gasteiger partial charge < -0.3 is 14.7 Å². The Hall–Kier alpha value is -1.92. The summed E-state index contributed by atoms with van der Waals surface area (Å²) in [6.45, 7) is 3.21. The summed E-state index contributed by atoms with van der Waals surface area (Å²) in [7, 11) is 0. The summed E-state index contributed by atoms with van der Waals surface area (Å²) in [5.41, 5.74) is -0.683. The molecule has 6 nitrogen and oxygen atoms in total. The molecule has 0 radical (unpaired) electrons. The van der Waals surface area contributed by atoms with Gasteiger partial charge in [-0.3, -0.25) is 0 Å². The molecule has 2 rings (SSSR count). The lowest BCUT2D eigenvalue weighted by atomic mass is 9.94. The second-order valence-corrected chi connectivity index (χ2v) is 4.64. The quantitative estimate of drug-likeness (QED) is 0.836. The molecular formula is C12H11ClN2O4. The number of hydrogen-bond donors (Lipinski definition) is 2. The molecule has 2 N–H and O–H groups in total. The molecule has 2 heterocycles. The SMILES string of the molecule is Cc1cc([C@](C)(O)c2cc(C(=O)O)no2)cnc1Cl. The van der Waals surface area contributed by atoms with Gasteiger partial charge in [-0.15, -0.1) is 0 Å². The molecule has 0 amide bonds. The van der Waals surface area contributed by atoms with Crippen LogP contribution in [-0.2, 0) is 5.60 Å². The lowest BCUT2D eigenvalue weighted by Gasteiger charge is -2.20. The van der Waals surface area contributed by atoms with Gasteiger partial charge in [-0.25, -0.2) is 9.78 Å². The fraction of sp³-hybridized carbons (Fsp3) is 0.250. The average molecular weight is 283 g/mol. The molecule has 100 valence electrons. The highest BCUT2D eigenvalue weighted by molar-refractivity contribution is 6.30. The van der Waals surface area contributed by atoms with Crippen LogP contribution in [0.5, 0.6) is 0 Å². The molecule has 0 bridgehead atoms. The number of hydrogen-bond acceptors (Lipinski definition) is 5. The third-order valence-electron chi connectivity index (χ3n) is 2.79. The predicted octanol–water partition coefficient (Wildman–Crippen LogP) is 1.99. The van der Waals surface area contributed by atoms with Crippen molar-refractivity contribution < 1.29 is 19.5 Å². The number of aromatic carboxylic acids is 1. The van der Waals surface area contributed by atoms with Crippen molar-refractivity contribution in [3.05, 3.63) is 46.1 Å². The van der Waals surface area contributed by atoms with Crippen molar-refractivity contribution in [3.63, 3.8) is 0 Å². The van der Waals surface area contributed by atoms with Crippen LogP contribution in [-0.4, -0.2) is 26.3 Å². The molecule has 0 spiro atoms. The van der Waals surface area contributed by atoms with E-state index in [2.05, 4.69) is 10.1 Å². The highest BCUT2D eigenvalue weighted by Gasteiger charge is 2.32. The summed E-state index contributed by atoms with van der Waals surface area (Å²) in [5.74, 6) is -1.20. The van der Waals surface area contributed by atoms with Gasteiger partial charge in [-0.05, 0) is 25.5 Å². The number of aliphatic hydroxyl groups is 1. The van der Waals surface area contributed by atoms with Crippen molar-refractivity contribution >= 4 is 17.6 Å². The van der Waals surface area contributed by atoms with E-state index in [0.29, 0.717) is 16.3 Å². The lowest BCUT2D eigenvalue weighted by molar-refractivity contribution is 0.0656. The van der Waals surface area contributed by atoms with Gasteiger partial charge in [0.2, 0.25) is 0 Å². The summed E-state index contributed by atoms with van der Waals surface area (Å²) in [4.78, 5) is 14.7. The van der Waals surface area contributed by atoms with E-state index in [1.54, 1.807) is 13.0 Å². The number of carboxylic acid groups (broad SMARTS) is 1. The number of pyridine rings is 1. The Kier molecular flexibility index (Phi) is 3.30. The molecule has 0 aliphatic rings. The molecule has 19 heavy (non-hydrogen) atoms. The molecule has 2 aromatic rings. The minimum atomic E-state index is -1.54. The van der Waals surface area contributed by atoms with E-state index in [1.807, 2.05) is 0 Å². The summed E-state index contributed by atoms with van der Waals surface area (Å²) in [6, 6.07) is 2.82. The Balaban J connectivity index is 2.45. The molecule has 2 aromatic heterocycles. The monoisotopic (exact) mass is 282 g/mol. The highest BCUT2D eigenvalue weighted by atomic mass is 35.5. The van der Waals surface area contributed by atoms with Crippen LogP contribution in [0, 0.1) is 6.92 Å². The Morgan fingerprint density at radius 1 is 1.47 bits per heavy atom. The zero-order valence-corrected chi connectivity index (χ0v) is 11.0. The van der Waals surface area contributed by atoms with Crippen LogP contribution in [0.15, 0.2) is 22.9 Å². The van der Waals surface area contributed by atoms with Gasteiger partial charge in [-0.2, -0.15) is 0 Å². The second kappa shape index (κ2) is 4.64. The largest absolute Gasteiger partial charge is 0.476 e. The number of aromatic nitrogens is 2. The van der Waals surface area contributed by atoms with Crippen LogP contribution in [0.3, 0.4) is 0 Å². The van der Waals surface area contributed by atoms with Crippen LogP contribution >= 0.6 is 11.6 Å². The van der Waals surface area contributed by atoms with Crippen molar-refractivity contribution in [1.29, 1.82) is 0 Å². The zero-order valence-electron chi connectivity index (χ0n) is 10.2. The van der Waals surface area contributed by atoms with E-state index in [4.69, 9.17) is 21.2 Å². The summed E-state index contributed by atoms with van der Waals surface area (Å²) < 4.78 is 4.87. The topological polar surface area (TPSA) is 96.5 Å². The molecule has 0 fully saturated rings. The average Bonchev–Trinajstić information content (AvgIpc) is 2.82. The van der Waals surface area contributed by atoms with E-state index >= 15 is 0 Å². The van der Waals surface area contributed by atoms with Gasteiger partial charge >= 0.3 is 5.97 Å². The number of carbonyl (C=O) groups is 1. The van der Waals surface area contributed by atoms with Gasteiger partial charge in [0.1, 0.15) is 10.8 Å². The Labute approximate surface area is 113 Å². The molecule has 1 atom stereocenters. The van der Waals surface area contributed by atoms with Crippen molar-refractivity contribution in [1.82, 2.24) is 10.1 Å². The maximum atomic E-state index is 10.7. The molecule has 0 aliphatic carbocycles. The van der Waals surface area contributed by atoms with Crippen LogP contribution in [0.2, 0.25) is 5.15 Å². The first kappa shape index (κ1) is 13.5. The van der Waals surface area contributed by atoms with Crippen LogP contribution in [0.1, 0.15) is 34.3 Å². The van der Waals surface area contributed by atoms with Crippen molar-refractivity contribution in [3.8, 4) is 0 Å². The molecular weight excluding hydrogens is 272 g/mol.